The van der Waals surface area contributed by atoms with Gasteiger partial charge in [0.15, 0.2) is 0 Å². The third kappa shape index (κ3) is 7.05. The number of carbonyl (C=O) groups excluding carboxylic acids is 2. The van der Waals surface area contributed by atoms with Crippen molar-refractivity contribution in [3.8, 4) is 0 Å². The SMILES string of the molecule is NC(=O)NCCCOC(=O)/C=C(/c1ccc(Cl)cc1)C(F)(F)F. The molecule has 9 heteroatoms. The van der Waals surface area contributed by atoms with Gasteiger partial charge in [-0.25, -0.2) is 9.59 Å². The standard InChI is InChI=1S/C14H14ClF3N2O3/c15-10-4-2-9(3-5-10)11(14(16,17)18)8-12(21)23-7-1-6-20-13(19)22/h2-5,8H,1,6-7H2,(H3,19,20,22)/b11-8-. The van der Waals surface area contributed by atoms with Gasteiger partial charge in [-0.15, -0.1) is 0 Å². The number of benzene rings is 1. The van der Waals surface area contributed by atoms with E-state index in [-0.39, 0.29) is 30.2 Å². The maximum absolute atomic E-state index is 13.0. The lowest BCUT2D eigenvalue weighted by Gasteiger charge is -2.12. The van der Waals surface area contributed by atoms with Crippen LogP contribution in [0.5, 0.6) is 0 Å². The van der Waals surface area contributed by atoms with Crippen molar-refractivity contribution < 1.29 is 27.5 Å². The number of esters is 1. The zero-order valence-electron chi connectivity index (χ0n) is 11.8. The number of amides is 2. The van der Waals surface area contributed by atoms with Gasteiger partial charge in [0.2, 0.25) is 0 Å². The minimum absolute atomic E-state index is 0.148. The predicted octanol–water partition coefficient (Wildman–Crippen LogP) is 2.89. The second-order valence-electron chi connectivity index (χ2n) is 4.37. The second-order valence-corrected chi connectivity index (χ2v) is 4.81. The van der Waals surface area contributed by atoms with E-state index >= 15 is 0 Å². The summed E-state index contributed by atoms with van der Waals surface area (Å²) in [6.45, 7) is -0.00297. The van der Waals surface area contributed by atoms with Crippen LogP contribution in [0.15, 0.2) is 30.3 Å². The molecule has 126 valence electrons. The summed E-state index contributed by atoms with van der Waals surface area (Å²) in [5.74, 6) is -1.13. The average Bonchev–Trinajstić information content (AvgIpc) is 2.44. The Morgan fingerprint density at radius 2 is 1.87 bits per heavy atom. The highest BCUT2D eigenvalue weighted by Crippen LogP contribution is 2.34. The molecule has 0 saturated carbocycles. The Labute approximate surface area is 135 Å². The van der Waals surface area contributed by atoms with Crippen LogP contribution in [0, 0.1) is 0 Å². The molecular weight excluding hydrogens is 337 g/mol. The van der Waals surface area contributed by atoms with Crippen LogP contribution in [0.4, 0.5) is 18.0 Å². The van der Waals surface area contributed by atoms with E-state index in [4.69, 9.17) is 17.3 Å². The van der Waals surface area contributed by atoms with Crippen LogP contribution < -0.4 is 11.1 Å². The van der Waals surface area contributed by atoms with Gasteiger partial charge in [0, 0.05) is 17.6 Å². The molecule has 0 fully saturated rings. The van der Waals surface area contributed by atoms with E-state index < -0.39 is 23.7 Å². The molecule has 0 unspecified atom stereocenters. The molecule has 0 heterocycles. The normalized spacial score (nSPS) is 11.9. The van der Waals surface area contributed by atoms with Crippen molar-refractivity contribution in [2.75, 3.05) is 13.2 Å². The lowest BCUT2D eigenvalue weighted by molar-refractivity contribution is -0.138. The fourth-order valence-electron chi connectivity index (χ4n) is 1.57. The van der Waals surface area contributed by atoms with Crippen molar-refractivity contribution in [1.29, 1.82) is 0 Å². The van der Waals surface area contributed by atoms with Crippen LogP contribution in [0.25, 0.3) is 5.57 Å². The Balaban J connectivity index is 2.71. The van der Waals surface area contributed by atoms with Crippen molar-refractivity contribution in [2.24, 2.45) is 5.73 Å². The van der Waals surface area contributed by atoms with E-state index in [9.17, 15) is 22.8 Å². The largest absolute Gasteiger partial charge is 0.462 e. The summed E-state index contributed by atoms with van der Waals surface area (Å²) in [6.07, 6.45) is -4.12. The van der Waals surface area contributed by atoms with Crippen molar-refractivity contribution in [1.82, 2.24) is 5.32 Å². The molecule has 0 saturated heterocycles. The summed E-state index contributed by atoms with van der Waals surface area (Å²) in [4.78, 5) is 21.9. The lowest BCUT2D eigenvalue weighted by Crippen LogP contribution is -2.30. The van der Waals surface area contributed by atoms with Gasteiger partial charge < -0.3 is 15.8 Å². The Hall–Kier alpha value is -2.22. The van der Waals surface area contributed by atoms with Gasteiger partial charge in [-0.05, 0) is 24.1 Å². The van der Waals surface area contributed by atoms with Crippen LogP contribution in [-0.4, -0.2) is 31.3 Å². The molecule has 0 spiro atoms. The summed E-state index contributed by atoms with van der Waals surface area (Å²) >= 11 is 5.63. The summed E-state index contributed by atoms with van der Waals surface area (Å²) in [5, 5.41) is 2.53. The number of carbonyl (C=O) groups is 2. The first-order valence-electron chi connectivity index (χ1n) is 6.45. The number of nitrogens with two attached hydrogens (primary N) is 1. The highest BCUT2D eigenvalue weighted by Gasteiger charge is 2.35. The summed E-state index contributed by atoms with van der Waals surface area (Å²) in [7, 11) is 0. The molecule has 0 aliphatic carbocycles. The van der Waals surface area contributed by atoms with Crippen molar-refractivity contribution >= 4 is 29.2 Å². The minimum atomic E-state index is -4.72. The molecule has 0 aromatic heterocycles. The molecule has 0 bridgehead atoms. The number of rotatable bonds is 6. The third-order valence-electron chi connectivity index (χ3n) is 2.59. The number of urea groups is 1. The molecule has 0 radical (unpaired) electrons. The van der Waals surface area contributed by atoms with Crippen LogP contribution in [0.1, 0.15) is 12.0 Å². The van der Waals surface area contributed by atoms with Gasteiger partial charge >= 0.3 is 18.2 Å². The zero-order valence-corrected chi connectivity index (χ0v) is 12.6. The molecule has 1 aromatic carbocycles. The Morgan fingerprint density at radius 1 is 1.26 bits per heavy atom. The lowest BCUT2D eigenvalue weighted by atomic mass is 10.1. The summed E-state index contributed by atoms with van der Waals surface area (Å²) in [6, 6.07) is 4.16. The second kappa shape index (κ2) is 8.42. The first-order chi connectivity index (χ1) is 10.7. The van der Waals surface area contributed by atoms with Crippen molar-refractivity contribution in [3.05, 3.63) is 40.9 Å². The number of alkyl halides is 3. The van der Waals surface area contributed by atoms with Crippen molar-refractivity contribution in [3.63, 3.8) is 0 Å². The maximum atomic E-state index is 13.0. The molecule has 1 rings (SSSR count). The first kappa shape index (κ1) is 18.8. The van der Waals surface area contributed by atoms with E-state index in [1.54, 1.807) is 0 Å². The molecule has 5 nitrogen and oxygen atoms in total. The van der Waals surface area contributed by atoms with Gasteiger partial charge in [-0.1, -0.05) is 23.7 Å². The molecule has 2 amide bonds. The Morgan fingerprint density at radius 3 is 2.39 bits per heavy atom. The van der Waals surface area contributed by atoms with E-state index in [0.29, 0.717) is 6.08 Å². The van der Waals surface area contributed by atoms with E-state index in [0.717, 1.165) is 12.1 Å². The fourth-order valence-corrected chi connectivity index (χ4v) is 1.70. The number of hydrogen-bond acceptors (Lipinski definition) is 3. The zero-order chi connectivity index (χ0) is 17.5. The highest BCUT2D eigenvalue weighted by atomic mass is 35.5. The quantitative estimate of drug-likeness (QED) is 0.470. The topological polar surface area (TPSA) is 81.4 Å². The predicted molar refractivity (Wildman–Crippen MR) is 78.6 cm³/mol. The number of hydrogen-bond donors (Lipinski definition) is 2. The van der Waals surface area contributed by atoms with Crippen LogP contribution in [0.2, 0.25) is 5.02 Å². The summed E-state index contributed by atoms with van der Waals surface area (Å²) < 4.78 is 43.7. The summed E-state index contributed by atoms with van der Waals surface area (Å²) in [5.41, 5.74) is 3.49. The number of nitrogens with one attached hydrogen (secondary N) is 1. The van der Waals surface area contributed by atoms with Crippen LogP contribution in [0.3, 0.4) is 0 Å². The van der Waals surface area contributed by atoms with E-state index in [1.165, 1.54) is 12.1 Å². The maximum Gasteiger partial charge on any atom is 0.417 e. The molecule has 23 heavy (non-hydrogen) atoms. The number of primary amides is 1. The molecule has 0 aliphatic rings. The fraction of sp³-hybridized carbons (Fsp3) is 0.286. The number of ether oxygens (including phenoxy) is 1. The van der Waals surface area contributed by atoms with Crippen LogP contribution in [-0.2, 0) is 9.53 Å². The Bertz CT molecular complexity index is 586. The van der Waals surface area contributed by atoms with Gasteiger partial charge in [0.1, 0.15) is 0 Å². The monoisotopic (exact) mass is 350 g/mol. The van der Waals surface area contributed by atoms with E-state index in [1.807, 2.05) is 0 Å². The van der Waals surface area contributed by atoms with Crippen molar-refractivity contribution in [2.45, 2.75) is 12.6 Å². The smallest absolute Gasteiger partial charge is 0.417 e. The van der Waals surface area contributed by atoms with Gasteiger partial charge in [-0.3, -0.25) is 0 Å². The van der Waals surface area contributed by atoms with Gasteiger partial charge in [-0.2, -0.15) is 13.2 Å². The number of allylic oxidation sites excluding steroid dienone is 1. The first-order valence-corrected chi connectivity index (χ1v) is 6.83. The minimum Gasteiger partial charge on any atom is -0.462 e. The molecule has 1 aromatic rings. The van der Waals surface area contributed by atoms with Crippen LogP contribution >= 0.6 is 11.6 Å². The average molecular weight is 351 g/mol. The molecular formula is C14H14ClF3N2O3. The van der Waals surface area contributed by atoms with Gasteiger partial charge in [0.25, 0.3) is 0 Å². The third-order valence-corrected chi connectivity index (χ3v) is 2.84. The van der Waals surface area contributed by atoms with Gasteiger partial charge in [0.05, 0.1) is 12.2 Å². The molecule has 3 N–H and O–H groups in total. The molecule has 0 atom stereocenters. The number of halogens is 4. The highest BCUT2D eigenvalue weighted by molar-refractivity contribution is 6.30. The Kier molecular flexibility index (Phi) is 6.89. The molecule has 0 aliphatic heterocycles. The van der Waals surface area contributed by atoms with E-state index in [2.05, 4.69) is 10.1 Å².